The fraction of sp³-hybridized carbons (Fsp3) is 0.646. The number of benzene rings is 1. The highest BCUT2D eigenvalue weighted by Crippen LogP contribution is 2.48. The fourth-order valence-corrected chi connectivity index (χ4v) is 12.4. The zero-order valence-corrected chi connectivity index (χ0v) is 43.7. The van der Waals surface area contributed by atoms with E-state index >= 15 is 0 Å². The summed E-state index contributed by atoms with van der Waals surface area (Å²) in [5.41, 5.74) is 22.5. The van der Waals surface area contributed by atoms with Crippen molar-refractivity contribution in [3.8, 4) is 0 Å². The molecular weight excluding hydrogens is 983 g/mol. The molecule has 0 radical (unpaired) electrons. The predicted molar refractivity (Wildman–Crippen MR) is 277 cm³/mol. The Hall–Kier alpha value is -6.11. The van der Waals surface area contributed by atoms with Gasteiger partial charge in [0, 0.05) is 36.4 Å². The molecule has 0 unspecified atom stereocenters. The first-order valence-corrected chi connectivity index (χ1v) is 27.4. The molecule has 8 atom stereocenters. The molecule has 1 aliphatic carbocycles. The van der Waals surface area contributed by atoms with Gasteiger partial charge in [-0.3, -0.25) is 52.9 Å². The van der Waals surface area contributed by atoms with Crippen LogP contribution in [0.25, 0.3) is 0 Å². The lowest BCUT2D eigenvalue weighted by atomic mass is 9.85. The minimum absolute atomic E-state index is 0.0176. The maximum atomic E-state index is 14.8. The van der Waals surface area contributed by atoms with Gasteiger partial charge < -0.3 is 65.1 Å². The molecule has 1 spiro atoms. The van der Waals surface area contributed by atoms with Gasteiger partial charge >= 0.3 is 0 Å². The van der Waals surface area contributed by atoms with E-state index in [1.54, 1.807) is 37.3 Å². The van der Waals surface area contributed by atoms with Gasteiger partial charge in [-0.15, -0.1) is 0 Å². The summed E-state index contributed by atoms with van der Waals surface area (Å²) in [5, 5.41) is 19.0. The maximum Gasteiger partial charge on any atom is 0.246 e. The number of carbonyl (C=O) groups is 10. The molecule has 2 aliphatic heterocycles. The molecule has 1 aromatic carbocycles. The van der Waals surface area contributed by atoms with Crippen LogP contribution >= 0.6 is 21.6 Å². The van der Waals surface area contributed by atoms with Crippen LogP contribution < -0.4 is 60.2 Å². The molecule has 3 fully saturated rings. The largest absolute Gasteiger partial charge is 0.370 e. The molecule has 404 valence electrons. The Morgan fingerprint density at radius 3 is 2.12 bits per heavy atom. The molecule has 2 heterocycles. The highest BCUT2D eigenvalue weighted by Gasteiger charge is 2.42. The summed E-state index contributed by atoms with van der Waals surface area (Å²) in [5.74, 6) is -7.90. The molecule has 23 nitrogen and oxygen atoms in total. The number of primary amides is 2. The standard InChI is InChI=1S/C48H75N13O10S2/c1-4-14-30-41(66)57-33(24-36(49)62)43(68)59-34(46(71)61-22-13-18-35(61)44(69)56-31(17-12-21-53-47(51)52)40(65)54-26-37(50)63)27-72-73-48(19-10-7-11-20-48)25-38(64)60-39(28(3)5-2)45(70)58-32(42(67)55-30)23-29-15-8-6-9-16-29/h6,8-9,15-16,28,30-35,39H,4-5,7,10-14,17-27H2,1-3H3,(H2,49,62)(H2,50,63)(H,54,65)(H,55,67)(H,56,69)(H,57,66)(H,58,70)(H,59,68)(H,60,64)(H4,51,52,53)/t28-,30-,31-,32+,33-,34-,35+,39-/m0/s1. The highest BCUT2D eigenvalue weighted by atomic mass is 33.1. The molecule has 1 aromatic rings. The number of hydrogen-bond acceptors (Lipinski definition) is 13. The number of aliphatic imine (C=N–C) groups is 1. The first kappa shape index (κ1) is 59.5. The zero-order valence-electron chi connectivity index (χ0n) is 42.0. The molecular formula is C48H75N13O10S2. The lowest BCUT2D eigenvalue weighted by molar-refractivity contribution is -0.142. The van der Waals surface area contributed by atoms with Crippen LogP contribution in [-0.2, 0) is 54.4 Å². The summed E-state index contributed by atoms with van der Waals surface area (Å²) >= 11 is 0. The third kappa shape index (κ3) is 19.0. The second kappa shape index (κ2) is 29.6. The van der Waals surface area contributed by atoms with Gasteiger partial charge in [-0.1, -0.05) is 105 Å². The second-order valence-electron chi connectivity index (χ2n) is 19.0. The van der Waals surface area contributed by atoms with Crippen LogP contribution in [0.3, 0.4) is 0 Å². The molecule has 0 bridgehead atoms. The van der Waals surface area contributed by atoms with Crippen molar-refractivity contribution in [3.63, 3.8) is 0 Å². The first-order valence-electron chi connectivity index (χ1n) is 25.1. The van der Waals surface area contributed by atoms with Crippen molar-refractivity contribution < 1.29 is 47.9 Å². The van der Waals surface area contributed by atoms with Crippen molar-refractivity contribution in [1.82, 2.24) is 42.1 Å². The van der Waals surface area contributed by atoms with Gasteiger partial charge in [0.2, 0.25) is 59.1 Å². The molecule has 73 heavy (non-hydrogen) atoms. The van der Waals surface area contributed by atoms with Gasteiger partial charge in [-0.25, -0.2) is 0 Å². The quantitative estimate of drug-likeness (QED) is 0.0364. The van der Waals surface area contributed by atoms with Crippen LogP contribution in [0.2, 0.25) is 0 Å². The molecule has 3 aliphatic rings. The lowest BCUT2D eigenvalue weighted by Gasteiger charge is -2.37. The van der Waals surface area contributed by atoms with Gasteiger partial charge in [-0.2, -0.15) is 0 Å². The molecule has 25 heteroatoms. The highest BCUT2D eigenvalue weighted by molar-refractivity contribution is 8.77. The number of nitrogens with zero attached hydrogens (tertiary/aromatic N) is 2. The molecule has 15 N–H and O–H groups in total. The van der Waals surface area contributed by atoms with E-state index in [9.17, 15) is 47.9 Å². The van der Waals surface area contributed by atoms with Crippen molar-refractivity contribution in [2.45, 2.75) is 164 Å². The topological polar surface area (TPSA) is 375 Å². The Balaban J connectivity index is 1.73. The number of rotatable bonds is 18. The van der Waals surface area contributed by atoms with Crippen LogP contribution in [0.15, 0.2) is 35.3 Å². The van der Waals surface area contributed by atoms with E-state index in [4.69, 9.17) is 22.9 Å². The van der Waals surface area contributed by atoms with E-state index in [0.29, 0.717) is 37.7 Å². The normalized spacial score (nSPS) is 24.3. The average Bonchev–Trinajstić information content (AvgIpc) is 3.85. The lowest BCUT2D eigenvalue weighted by Crippen LogP contribution is -2.61. The Kier molecular flexibility index (Phi) is 24.1. The zero-order chi connectivity index (χ0) is 53.7. The molecule has 10 amide bonds. The Morgan fingerprint density at radius 2 is 1.48 bits per heavy atom. The molecule has 1 saturated carbocycles. The number of hydrogen-bond donors (Lipinski definition) is 11. The van der Waals surface area contributed by atoms with E-state index in [1.165, 1.54) is 26.5 Å². The van der Waals surface area contributed by atoms with Gasteiger partial charge in [0.25, 0.3) is 0 Å². The Labute approximate surface area is 434 Å². The summed E-state index contributed by atoms with van der Waals surface area (Å²) in [7, 11) is 2.63. The first-order chi connectivity index (χ1) is 34.8. The van der Waals surface area contributed by atoms with E-state index in [0.717, 1.165) is 19.3 Å². The summed E-state index contributed by atoms with van der Waals surface area (Å²) in [4.78, 5) is 143. The van der Waals surface area contributed by atoms with Crippen LogP contribution in [0.1, 0.15) is 116 Å². The van der Waals surface area contributed by atoms with E-state index in [-0.39, 0.29) is 75.2 Å². The van der Waals surface area contributed by atoms with Gasteiger partial charge in [0.05, 0.1) is 13.0 Å². The Morgan fingerprint density at radius 1 is 0.822 bits per heavy atom. The molecule has 0 aromatic heterocycles. The van der Waals surface area contributed by atoms with Crippen molar-refractivity contribution in [2.24, 2.45) is 33.8 Å². The summed E-state index contributed by atoms with van der Waals surface area (Å²) < 4.78 is -0.657. The summed E-state index contributed by atoms with van der Waals surface area (Å²) in [6.45, 7) is 5.22. The van der Waals surface area contributed by atoms with Gasteiger partial charge in [0.1, 0.15) is 42.3 Å². The van der Waals surface area contributed by atoms with Crippen LogP contribution in [0.5, 0.6) is 0 Å². The number of carbonyl (C=O) groups excluding carboxylic acids is 10. The summed E-state index contributed by atoms with van der Waals surface area (Å²) in [6, 6.07) is 0.172. The maximum absolute atomic E-state index is 14.8. The average molecular weight is 1060 g/mol. The Bertz CT molecular complexity index is 2140. The summed E-state index contributed by atoms with van der Waals surface area (Å²) in [6.07, 6.45) is 5.02. The fourth-order valence-electron chi connectivity index (χ4n) is 9.05. The SMILES string of the molecule is CCC[C@@H]1NC(=O)[C@@H](Cc2ccccc2)NC(=O)[C@H]([C@@H](C)CC)NC(=O)CC2(CCCCC2)SSC[C@@H](C(=O)N2CCC[C@@H]2C(=O)N[C@@H](CCCN=C(N)N)C(=O)NCC(N)=O)NC(=O)[C@H](CC(N)=O)NC1=O. The number of nitrogens with one attached hydrogen (secondary N) is 7. The number of nitrogens with two attached hydrogens (primary N) is 4. The van der Waals surface area contributed by atoms with Crippen LogP contribution in [0, 0.1) is 5.92 Å². The van der Waals surface area contributed by atoms with Crippen LogP contribution in [-0.4, -0.2) is 142 Å². The van der Waals surface area contributed by atoms with E-state index < -0.39 is 113 Å². The second-order valence-corrected chi connectivity index (χ2v) is 21.8. The third-order valence-electron chi connectivity index (χ3n) is 13.2. The number of guanidine groups is 1. The van der Waals surface area contributed by atoms with Crippen molar-refractivity contribution in [1.29, 1.82) is 0 Å². The van der Waals surface area contributed by atoms with Crippen LogP contribution in [0.4, 0.5) is 0 Å². The van der Waals surface area contributed by atoms with Gasteiger partial charge in [-0.05, 0) is 56.4 Å². The monoisotopic (exact) mass is 1060 g/mol. The van der Waals surface area contributed by atoms with Crippen molar-refractivity contribution in [3.05, 3.63) is 35.9 Å². The smallest absolute Gasteiger partial charge is 0.246 e. The van der Waals surface area contributed by atoms with Gasteiger partial charge in [0.15, 0.2) is 5.96 Å². The minimum Gasteiger partial charge on any atom is -0.370 e. The predicted octanol–water partition coefficient (Wildman–Crippen LogP) is -1.01. The number of amides is 10. The van der Waals surface area contributed by atoms with E-state index in [2.05, 4.69) is 42.2 Å². The minimum atomic E-state index is -1.62. The third-order valence-corrected chi connectivity index (χ3v) is 16.5. The number of likely N-dealkylation sites (tertiary alicyclic amines) is 1. The molecule has 4 rings (SSSR count). The molecule has 2 saturated heterocycles. The van der Waals surface area contributed by atoms with Crippen molar-refractivity contribution in [2.75, 3.05) is 25.4 Å². The van der Waals surface area contributed by atoms with Crippen molar-refractivity contribution >= 4 is 86.6 Å². The van der Waals surface area contributed by atoms with E-state index in [1.807, 2.05) is 13.8 Å².